The molecule has 0 fully saturated rings. The van der Waals surface area contributed by atoms with Gasteiger partial charge in [0.2, 0.25) is 0 Å². The van der Waals surface area contributed by atoms with Crippen LogP contribution in [0.1, 0.15) is 26.7 Å². The smallest absolute Gasteiger partial charge is 0.131 e. The molecule has 0 aliphatic rings. The number of aromatic nitrogens is 1. The Balaban J connectivity index is 2.92. The first-order valence-electron chi connectivity index (χ1n) is 6.67. The molecule has 0 saturated heterocycles. The fourth-order valence-corrected chi connectivity index (χ4v) is 2.13. The summed E-state index contributed by atoms with van der Waals surface area (Å²) in [5.74, 6) is 1.92. The van der Waals surface area contributed by atoms with Crippen molar-refractivity contribution in [2.24, 2.45) is 0 Å². The van der Waals surface area contributed by atoms with Crippen molar-refractivity contribution in [3.63, 3.8) is 0 Å². The maximum absolute atomic E-state index is 5.20. The Morgan fingerprint density at radius 1 is 1.33 bits per heavy atom. The van der Waals surface area contributed by atoms with Gasteiger partial charge in [0, 0.05) is 26.7 Å². The standard InChI is InChI=1S/C14H25N3O/c1-5-12(6-2)17(10-11-18-4)14-9-7-8-13(15-3)16-14/h7-9,12H,5-6,10-11H2,1-4H3,(H,15,16). The highest BCUT2D eigenvalue weighted by Gasteiger charge is 2.16. The zero-order chi connectivity index (χ0) is 13.4. The van der Waals surface area contributed by atoms with Gasteiger partial charge in [-0.3, -0.25) is 0 Å². The molecule has 4 nitrogen and oxygen atoms in total. The molecule has 1 N–H and O–H groups in total. The number of pyridine rings is 1. The number of hydrogen-bond donors (Lipinski definition) is 1. The molecule has 0 aliphatic heterocycles. The molecule has 18 heavy (non-hydrogen) atoms. The van der Waals surface area contributed by atoms with Gasteiger partial charge in [-0.25, -0.2) is 4.98 Å². The van der Waals surface area contributed by atoms with Crippen molar-refractivity contribution in [1.29, 1.82) is 0 Å². The zero-order valence-electron chi connectivity index (χ0n) is 11.9. The van der Waals surface area contributed by atoms with Crippen LogP contribution in [0.4, 0.5) is 11.6 Å². The predicted octanol–water partition coefficient (Wildman–Crippen LogP) is 2.76. The van der Waals surface area contributed by atoms with Gasteiger partial charge in [0.15, 0.2) is 0 Å². The van der Waals surface area contributed by atoms with Gasteiger partial charge < -0.3 is 15.0 Å². The monoisotopic (exact) mass is 251 g/mol. The van der Waals surface area contributed by atoms with E-state index in [1.54, 1.807) is 7.11 Å². The summed E-state index contributed by atoms with van der Waals surface area (Å²) in [6, 6.07) is 6.59. The first-order valence-corrected chi connectivity index (χ1v) is 6.67. The second kappa shape index (κ2) is 7.93. The van der Waals surface area contributed by atoms with Crippen molar-refractivity contribution in [1.82, 2.24) is 4.98 Å². The van der Waals surface area contributed by atoms with Crippen LogP contribution in [-0.4, -0.2) is 38.3 Å². The number of nitrogens with zero attached hydrogens (tertiary/aromatic N) is 2. The van der Waals surface area contributed by atoms with Crippen LogP contribution >= 0.6 is 0 Å². The summed E-state index contributed by atoms with van der Waals surface area (Å²) in [6.07, 6.45) is 2.23. The average Bonchev–Trinajstić information content (AvgIpc) is 2.43. The maximum atomic E-state index is 5.20. The van der Waals surface area contributed by atoms with Crippen LogP contribution in [-0.2, 0) is 4.74 Å². The lowest BCUT2D eigenvalue weighted by Gasteiger charge is -2.31. The van der Waals surface area contributed by atoms with Crippen LogP contribution in [0.15, 0.2) is 18.2 Å². The van der Waals surface area contributed by atoms with Gasteiger partial charge in [-0.1, -0.05) is 19.9 Å². The summed E-state index contributed by atoms with van der Waals surface area (Å²) in [7, 11) is 3.63. The molecule has 0 radical (unpaired) electrons. The van der Waals surface area contributed by atoms with E-state index in [1.807, 2.05) is 19.2 Å². The summed E-state index contributed by atoms with van der Waals surface area (Å²) >= 11 is 0. The van der Waals surface area contributed by atoms with Crippen molar-refractivity contribution in [2.75, 3.05) is 37.5 Å². The van der Waals surface area contributed by atoms with Gasteiger partial charge in [0.05, 0.1) is 6.61 Å². The normalized spacial score (nSPS) is 10.7. The molecular weight excluding hydrogens is 226 g/mol. The second-order valence-electron chi connectivity index (χ2n) is 4.29. The molecule has 1 heterocycles. The van der Waals surface area contributed by atoms with Crippen molar-refractivity contribution in [2.45, 2.75) is 32.7 Å². The van der Waals surface area contributed by atoms with E-state index in [1.165, 1.54) is 0 Å². The van der Waals surface area contributed by atoms with Crippen molar-refractivity contribution < 1.29 is 4.74 Å². The summed E-state index contributed by atoms with van der Waals surface area (Å²) < 4.78 is 5.20. The lowest BCUT2D eigenvalue weighted by Crippen LogP contribution is -2.37. The van der Waals surface area contributed by atoms with Gasteiger partial charge in [-0.15, -0.1) is 0 Å². The van der Waals surface area contributed by atoms with E-state index >= 15 is 0 Å². The van der Waals surface area contributed by atoms with Crippen molar-refractivity contribution in [3.8, 4) is 0 Å². The van der Waals surface area contributed by atoms with E-state index < -0.39 is 0 Å². The Morgan fingerprint density at radius 2 is 2.06 bits per heavy atom. The second-order valence-corrected chi connectivity index (χ2v) is 4.29. The molecule has 1 aromatic heterocycles. The predicted molar refractivity (Wildman–Crippen MR) is 77.4 cm³/mol. The number of anilines is 2. The van der Waals surface area contributed by atoms with E-state index in [0.29, 0.717) is 6.04 Å². The van der Waals surface area contributed by atoms with Crippen LogP contribution < -0.4 is 10.2 Å². The summed E-state index contributed by atoms with van der Waals surface area (Å²) in [5.41, 5.74) is 0. The molecular formula is C14H25N3O. The Morgan fingerprint density at radius 3 is 2.61 bits per heavy atom. The molecule has 0 bridgehead atoms. The van der Waals surface area contributed by atoms with Gasteiger partial charge in [-0.2, -0.15) is 0 Å². The molecule has 0 spiro atoms. The minimum Gasteiger partial charge on any atom is -0.383 e. The Kier molecular flexibility index (Phi) is 6.50. The minimum atomic E-state index is 0.514. The van der Waals surface area contributed by atoms with Crippen LogP contribution in [0.3, 0.4) is 0 Å². The fourth-order valence-electron chi connectivity index (χ4n) is 2.13. The third kappa shape index (κ3) is 3.88. The van der Waals surface area contributed by atoms with Crippen LogP contribution in [0.5, 0.6) is 0 Å². The molecule has 1 aromatic rings. The highest BCUT2D eigenvalue weighted by atomic mass is 16.5. The SMILES string of the molecule is CCC(CC)N(CCOC)c1cccc(NC)n1. The molecule has 0 unspecified atom stereocenters. The summed E-state index contributed by atoms with van der Waals surface area (Å²) in [6.45, 7) is 6.04. The number of nitrogens with one attached hydrogen (secondary N) is 1. The van der Waals surface area contributed by atoms with Gasteiger partial charge in [-0.05, 0) is 25.0 Å². The van der Waals surface area contributed by atoms with Crippen LogP contribution in [0.25, 0.3) is 0 Å². The molecule has 4 heteroatoms. The van der Waals surface area contributed by atoms with E-state index in [2.05, 4.69) is 35.1 Å². The van der Waals surface area contributed by atoms with Gasteiger partial charge >= 0.3 is 0 Å². The quantitative estimate of drug-likeness (QED) is 0.771. The largest absolute Gasteiger partial charge is 0.383 e. The Bertz CT molecular complexity index is 340. The molecule has 0 aromatic carbocycles. The molecule has 1 rings (SSSR count). The average molecular weight is 251 g/mol. The summed E-state index contributed by atoms with van der Waals surface area (Å²) in [4.78, 5) is 6.96. The topological polar surface area (TPSA) is 37.4 Å². The minimum absolute atomic E-state index is 0.514. The highest BCUT2D eigenvalue weighted by Crippen LogP contribution is 2.19. The highest BCUT2D eigenvalue weighted by molar-refractivity contribution is 5.47. The lowest BCUT2D eigenvalue weighted by atomic mass is 10.1. The third-order valence-electron chi connectivity index (χ3n) is 3.20. The third-order valence-corrected chi connectivity index (χ3v) is 3.20. The van der Waals surface area contributed by atoms with E-state index in [9.17, 15) is 0 Å². The summed E-state index contributed by atoms with van der Waals surface area (Å²) in [5, 5.41) is 3.08. The zero-order valence-corrected chi connectivity index (χ0v) is 11.9. The van der Waals surface area contributed by atoms with Gasteiger partial charge in [0.25, 0.3) is 0 Å². The Hall–Kier alpha value is -1.29. The van der Waals surface area contributed by atoms with Crippen LogP contribution in [0.2, 0.25) is 0 Å². The maximum Gasteiger partial charge on any atom is 0.131 e. The lowest BCUT2D eigenvalue weighted by molar-refractivity contribution is 0.202. The molecule has 0 saturated carbocycles. The molecule has 102 valence electrons. The number of methoxy groups -OCH3 is 1. The number of hydrogen-bond acceptors (Lipinski definition) is 4. The molecule has 0 atom stereocenters. The first-order chi connectivity index (χ1) is 8.76. The first kappa shape index (κ1) is 14.8. The fraction of sp³-hybridized carbons (Fsp3) is 0.643. The molecule has 0 aliphatic carbocycles. The molecule has 0 amide bonds. The van der Waals surface area contributed by atoms with Gasteiger partial charge in [0.1, 0.15) is 11.6 Å². The number of rotatable bonds is 8. The van der Waals surface area contributed by atoms with Crippen molar-refractivity contribution in [3.05, 3.63) is 18.2 Å². The van der Waals surface area contributed by atoms with E-state index in [-0.39, 0.29) is 0 Å². The number of ether oxygens (including phenoxy) is 1. The van der Waals surface area contributed by atoms with Crippen LogP contribution in [0, 0.1) is 0 Å². The van der Waals surface area contributed by atoms with E-state index in [4.69, 9.17) is 4.74 Å². The van der Waals surface area contributed by atoms with E-state index in [0.717, 1.165) is 37.6 Å². The Labute approximate surface area is 110 Å². The van der Waals surface area contributed by atoms with Crippen molar-refractivity contribution >= 4 is 11.6 Å².